The Labute approximate surface area is 259 Å². The fourth-order valence-corrected chi connectivity index (χ4v) is 4.10. The molecule has 10 heteroatoms. The van der Waals surface area contributed by atoms with Crippen LogP contribution in [0.15, 0.2) is 73.3 Å². The Morgan fingerprint density at radius 2 is 1.30 bits per heavy atom. The van der Waals surface area contributed by atoms with Crippen molar-refractivity contribution in [1.82, 2.24) is 5.32 Å². The predicted octanol–water partition coefficient (Wildman–Crippen LogP) is 5.13. The predicted molar refractivity (Wildman–Crippen MR) is 163 cm³/mol. The van der Waals surface area contributed by atoms with Crippen molar-refractivity contribution < 1.29 is 42.9 Å². The second-order valence-corrected chi connectivity index (χ2v) is 12.2. The van der Waals surface area contributed by atoms with E-state index in [0.29, 0.717) is 5.56 Å². The van der Waals surface area contributed by atoms with Gasteiger partial charge >= 0.3 is 24.0 Å². The summed E-state index contributed by atoms with van der Waals surface area (Å²) >= 11 is 0. The molecular weight excluding hydrogens is 566 g/mol. The average Bonchev–Trinajstić information content (AvgIpc) is 2.93. The van der Waals surface area contributed by atoms with Crippen molar-refractivity contribution in [3.8, 4) is 0 Å². The summed E-state index contributed by atoms with van der Waals surface area (Å²) in [6.07, 6.45) is -0.126. The summed E-state index contributed by atoms with van der Waals surface area (Å²) in [5.74, 6) is -7.21. The number of esters is 3. The Kier molecular flexibility index (Phi) is 13.3. The summed E-state index contributed by atoms with van der Waals surface area (Å²) in [5, 5.41) is 2.59. The van der Waals surface area contributed by atoms with Crippen LogP contribution in [0.4, 0.5) is 4.79 Å². The maximum Gasteiger partial charge on any atom is 0.408 e. The molecule has 1 unspecified atom stereocenters. The zero-order valence-electron chi connectivity index (χ0n) is 26.3. The first kappa shape index (κ1) is 35.7. The third-order valence-corrected chi connectivity index (χ3v) is 5.97. The Morgan fingerprint density at radius 1 is 0.750 bits per heavy atom. The van der Waals surface area contributed by atoms with Gasteiger partial charge in [0.25, 0.3) is 0 Å². The van der Waals surface area contributed by atoms with Gasteiger partial charge in [0.15, 0.2) is 11.7 Å². The van der Waals surface area contributed by atoms with Gasteiger partial charge in [0.05, 0.1) is 12.0 Å². The smallest absolute Gasteiger partial charge is 0.408 e. The molecular formula is C34H43NO9. The average molecular weight is 610 g/mol. The molecule has 238 valence electrons. The van der Waals surface area contributed by atoms with Gasteiger partial charge in [0.2, 0.25) is 0 Å². The van der Waals surface area contributed by atoms with Gasteiger partial charge in [-0.1, -0.05) is 73.3 Å². The molecule has 0 aromatic heterocycles. The number of hydrogen-bond donors (Lipinski definition) is 1. The first-order valence-electron chi connectivity index (χ1n) is 14.4. The molecule has 0 saturated heterocycles. The van der Waals surface area contributed by atoms with Crippen LogP contribution in [0.25, 0.3) is 0 Å². The van der Waals surface area contributed by atoms with Gasteiger partial charge in [-0.3, -0.25) is 19.2 Å². The highest BCUT2D eigenvalue weighted by atomic mass is 16.6. The molecule has 0 spiro atoms. The fourth-order valence-electron chi connectivity index (χ4n) is 4.10. The third-order valence-electron chi connectivity index (χ3n) is 5.97. The van der Waals surface area contributed by atoms with Crippen LogP contribution in [0.1, 0.15) is 59.1 Å². The molecule has 10 nitrogen and oxygen atoms in total. The number of alkyl carbamates (subject to hydrolysis) is 1. The molecule has 0 aliphatic rings. The maximum atomic E-state index is 13.9. The van der Waals surface area contributed by atoms with Crippen LogP contribution < -0.4 is 5.32 Å². The molecule has 1 amide bonds. The van der Waals surface area contributed by atoms with Gasteiger partial charge in [0, 0.05) is 6.42 Å². The topological polar surface area (TPSA) is 134 Å². The van der Waals surface area contributed by atoms with Crippen LogP contribution in [0.2, 0.25) is 0 Å². The Morgan fingerprint density at radius 3 is 1.82 bits per heavy atom. The molecule has 2 aromatic rings. The number of hydrogen-bond acceptors (Lipinski definition) is 9. The van der Waals surface area contributed by atoms with Crippen LogP contribution in [-0.2, 0) is 51.2 Å². The molecule has 0 saturated carbocycles. The minimum absolute atomic E-state index is 0.0582. The molecule has 2 rings (SSSR count). The monoisotopic (exact) mass is 609 g/mol. The lowest BCUT2D eigenvalue weighted by atomic mass is 9.85. The summed E-state index contributed by atoms with van der Waals surface area (Å²) in [7, 11) is 0. The van der Waals surface area contributed by atoms with Gasteiger partial charge in [-0.15, -0.1) is 0 Å². The zero-order chi connectivity index (χ0) is 32.9. The molecule has 0 aliphatic heterocycles. The Balaban J connectivity index is 2.49. The molecule has 0 heterocycles. The highest BCUT2D eigenvalue weighted by Gasteiger charge is 2.45. The first-order valence-corrected chi connectivity index (χ1v) is 14.4. The molecule has 44 heavy (non-hydrogen) atoms. The lowest BCUT2D eigenvalue weighted by Crippen LogP contribution is -2.47. The van der Waals surface area contributed by atoms with Crippen molar-refractivity contribution >= 4 is 29.8 Å². The minimum Gasteiger partial charge on any atom is -0.461 e. The highest BCUT2D eigenvalue weighted by Crippen LogP contribution is 2.26. The highest BCUT2D eigenvalue weighted by molar-refractivity contribution is 6.01. The summed E-state index contributed by atoms with van der Waals surface area (Å²) in [4.78, 5) is 66.9. The first-order chi connectivity index (χ1) is 20.6. The lowest BCUT2D eigenvalue weighted by molar-refractivity contribution is -0.177. The van der Waals surface area contributed by atoms with Crippen molar-refractivity contribution in [3.63, 3.8) is 0 Å². The van der Waals surface area contributed by atoms with Crippen LogP contribution in [-0.4, -0.2) is 53.6 Å². The second kappa shape index (κ2) is 16.4. The van der Waals surface area contributed by atoms with Crippen LogP contribution in [0, 0.1) is 11.8 Å². The zero-order valence-corrected chi connectivity index (χ0v) is 26.3. The number of ketones is 1. The van der Waals surface area contributed by atoms with Crippen molar-refractivity contribution in [2.75, 3.05) is 6.61 Å². The molecule has 0 fully saturated rings. The summed E-state index contributed by atoms with van der Waals surface area (Å²) in [6.45, 7) is 12.9. The molecule has 3 atom stereocenters. The van der Waals surface area contributed by atoms with Crippen LogP contribution >= 0.6 is 0 Å². The van der Waals surface area contributed by atoms with Crippen molar-refractivity contribution in [3.05, 3.63) is 84.4 Å². The van der Waals surface area contributed by atoms with Gasteiger partial charge in [0.1, 0.15) is 24.4 Å². The molecule has 1 N–H and O–H groups in total. The third kappa shape index (κ3) is 12.8. The number of ether oxygens (including phenoxy) is 4. The number of nitrogens with one attached hydrogen (secondary N) is 1. The van der Waals surface area contributed by atoms with E-state index >= 15 is 0 Å². The van der Waals surface area contributed by atoms with E-state index in [2.05, 4.69) is 11.9 Å². The maximum absolute atomic E-state index is 13.9. The van der Waals surface area contributed by atoms with Crippen molar-refractivity contribution in [1.29, 1.82) is 0 Å². The number of carbonyl (C=O) groups is 5. The Bertz CT molecular complexity index is 1280. The summed E-state index contributed by atoms with van der Waals surface area (Å²) < 4.78 is 21.5. The van der Waals surface area contributed by atoms with Crippen LogP contribution in [0.5, 0.6) is 0 Å². The normalized spacial score (nSPS) is 13.4. The van der Waals surface area contributed by atoms with E-state index in [0.717, 1.165) is 5.56 Å². The van der Waals surface area contributed by atoms with Crippen molar-refractivity contribution in [2.45, 2.75) is 78.2 Å². The Hall–Kier alpha value is -4.47. The van der Waals surface area contributed by atoms with E-state index in [4.69, 9.17) is 18.9 Å². The van der Waals surface area contributed by atoms with E-state index < -0.39 is 65.3 Å². The SMILES string of the molecule is C=CCOC(=O)C(C(=O)OC(C)(C)C)[C@H](CC(=O)[C@@H](Cc1ccccc1)NC(=O)OC(C)(C)C)C(=O)OCc1ccccc1. The number of benzene rings is 2. The molecule has 0 radical (unpaired) electrons. The van der Waals surface area contributed by atoms with Gasteiger partial charge < -0.3 is 24.3 Å². The van der Waals surface area contributed by atoms with E-state index in [-0.39, 0.29) is 19.6 Å². The van der Waals surface area contributed by atoms with Gasteiger partial charge in [-0.05, 0) is 59.1 Å². The minimum atomic E-state index is -1.83. The standard InChI is InChI=1S/C34H43NO9/c1-8-19-41-30(38)28(31(39)43-33(2,3)4)25(29(37)42-22-24-17-13-10-14-18-24)21-27(36)26(20-23-15-11-9-12-16-23)35-32(40)44-34(5,6)7/h8-18,25-26,28H,1,19-22H2,2-7H3,(H,35,40)/t25-,26+,28?/m0/s1. The van der Waals surface area contributed by atoms with Gasteiger partial charge in [-0.25, -0.2) is 4.79 Å². The summed E-state index contributed by atoms with van der Waals surface area (Å²) in [5.41, 5.74) is -0.489. The van der Waals surface area contributed by atoms with E-state index in [1.807, 2.05) is 0 Å². The molecule has 0 aliphatic carbocycles. The molecule has 0 bridgehead atoms. The lowest BCUT2D eigenvalue weighted by Gasteiger charge is -2.28. The van der Waals surface area contributed by atoms with E-state index in [1.54, 1.807) is 102 Å². The quantitative estimate of drug-likeness (QED) is 0.134. The number of Topliss-reactive ketones (excluding diaryl/α,β-unsaturated/α-hetero) is 1. The number of carbonyl (C=O) groups excluding carboxylic acids is 5. The van der Waals surface area contributed by atoms with E-state index in [1.165, 1.54) is 6.08 Å². The van der Waals surface area contributed by atoms with Gasteiger partial charge in [-0.2, -0.15) is 0 Å². The second-order valence-electron chi connectivity index (χ2n) is 12.2. The largest absolute Gasteiger partial charge is 0.461 e. The number of rotatable bonds is 14. The van der Waals surface area contributed by atoms with E-state index in [9.17, 15) is 24.0 Å². The van der Waals surface area contributed by atoms with Crippen molar-refractivity contribution in [2.24, 2.45) is 11.8 Å². The van der Waals surface area contributed by atoms with Crippen LogP contribution in [0.3, 0.4) is 0 Å². The summed E-state index contributed by atoms with van der Waals surface area (Å²) in [6, 6.07) is 16.5. The fraction of sp³-hybridized carbons (Fsp3) is 0.441. The molecule has 2 aromatic carbocycles. The number of amides is 1.